The van der Waals surface area contributed by atoms with Crippen molar-refractivity contribution in [3.8, 4) is 5.75 Å². The molecular formula is C27H37NO4. The van der Waals surface area contributed by atoms with Crippen molar-refractivity contribution < 1.29 is 19.0 Å². The van der Waals surface area contributed by atoms with Crippen LogP contribution in [0.25, 0.3) is 0 Å². The fourth-order valence-corrected chi connectivity index (χ4v) is 3.54. The largest absolute Gasteiger partial charge is 0.501 e. The average molecular weight is 440 g/mol. The van der Waals surface area contributed by atoms with Crippen LogP contribution in [0.1, 0.15) is 44.6 Å². The molecule has 0 N–H and O–H groups in total. The lowest BCUT2D eigenvalue weighted by Crippen LogP contribution is -2.47. The van der Waals surface area contributed by atoms with Gasteiger partial charge in [0.2, 0.25) is 0 Å². The molecule has 5 nitrogen and oxygen atoms in total. The number of allylic oxidation sites excluding steroid dienone is 5. The van der Waals surface area contributed by atoms with E-state index in [1.54, 1.807) is 13.2 Å². The van der Waals surface area contributed by atoms with Crippen LogP contribution in [0.4, 0.5) is 0 Å². The Morgan fingerprint density at radius 1 is 1.25 bits per heavy atom. The maximum atomic E-state index is 13.2. The highest BCUT2D eigenvalue weighted by Crippen LogP contribution is 2.23. The SMILES string of the molecule is C=C/C=C\C=C1/COC(CCOc2ccccc2CC(=C)OC)C(=O)N1CCCCCC. The van der Waals surface area contributed by atoms with E-state index in [2.05, 4.69) is 20.1 Å². The molecule has 0 aliphatic carbocycles. The molecule has 1 fully saturated rings. The number of benzene rings is 1. The molecule has 0 spiro atoms. The van der Waals surface area contributed by atoms with Crippen molar-refractivity contribution in [2.24, 2.45) is 0 Å². The van der Waals surface area contributed by atoms with Crippen LogP contribution in [0.15, 0.2) is 73.2 Å². The molecule has 0 aromatic heterocycles. The highest BCUT2D eigenvalue weighted by atomic mass is 16.5. The van der Waals surface area contributed by atoms with E-state index < -0.39 is 6.10 Å². The Kier molecular flexibility index (Phi) is 11.4. The normalized spacial score (nSPS) is 17.7. The lowest BCUT2D eigenvalue weighted by atomic mass is 10.1. The van der Waals surface area contributed by atoms with Crippen molar-refractivity contribution in [2.45, 2.75) is 51.6 Å². The lowest BCUT2D eigenvalue weighted by molar-refractivity contribution is -0.148. The average Bonchev–Trinajstić information content (AvgIpc) is 2.80. The molecule has 0 radical (unpaired) electrons. The zero-order valence-electron chi connectivity index (χ0n) is 19.6. The van der Waals surface area contributed by atoms with Gasteiger partial charge in [0.1, 0.15) is 11.9 Å². The minimum Gasteiger partial charge on any atom is -0.501 e. The minimum absolute atomic E-state index is 0.00986. The van der Waals surface area contributed by atoms with Gasteiger partial charge in [-0.05, 0) is 18.6 Å². The van der Waals surface area contributed by atoms with Crippen LogP contribution in [0.2, 0.25) is 0 Å². The third-order valence-electron chi connectivity index (χ3n) is 5.38. The van der Waals surface area contributed by atoms with Gasteiger partial charge in [0.05, 0.1) is 26.1 Å². The molecule has 1 aromatic rings. The molecule has 0 saturated carbocycles. The number of hydrogen-bond acceptors (Lipinski definition) is 4. The van der Waals surface area contributed by atoms with Crippen molar-refractivity contribution in [3.05, 3.63) is 78.7 Å². The molecular weight excluding hydrogens is 402 g/mol. The zero-order chi connectivity index (χ0) is 23.2. The van der Waals surface area contributed by atoms with Crippen molar-refractivity contribution in [1.29, 1.82) is 0 Å². The number of methoxy groups -OCH3 is 1. The van der Waals surface area contributed by atoms with Gasteiger partial charge in [0.15, 0.2) is 0 Å². The van der Waals surface area contributed by atoms with Crippen LogP contribution in [0.3, 0.4) is 0 Å². The van der Waals surface area contributed by atoms with E-state index in [0.29, 0.717) is 31.8 Å². The van der Waals surface area contributed by atoms with Gasteiger partial charge in [-0.15, -0.1) is 0 Å². The number of carbonyl (C=O) groups is 1. The fraction of sp³-hybridized carbons (Fsp3) is 0.444. The molecule has 2 rings (SSSR count). The van der Waals surface area contributed by atoms with Crippen LogP contribution in [0, 0.1) is 0 Å². The molecule has 5 heteroatoms. The van der Waals surface area contributed by atoms with E-state index in [0.717, 1.165) is 36.4 Å². The van der Waals surface area contributed by atoms with E-state index in [9.17, 15) is 4.79 Å². The van der Waals surface area contributed by atoms with Crippen LogP contribution in [0.5, 0.6) is 5.75 Å². The highest BCUT2D eigenvalue weighted by molar-refractivity contribution is 5.83. The first kappa shape index (κ1) is 25.5. The van der Waals surface area contributed by atoms with E-state index in [1.807, 2.05) is 47.4 Å². The maximum absolute atomic E-state index is 13.2. The summed E-state index contributed by atoms with van der Waals surface area (Å²) in [6.45, 7) is 11.3. The molecule has 1 heterocycles. The number of ether oxygens (including phenoxy) is 3. The van der Waals surface area contributed by atoms with Gasteiger partial charge < -0.3 is 19.1 Å². The Bertz CT molecular complexity index is 812. The molecule has 1 aliphatic heterocycles. The molecule has 1 aliphatic rings. The summed E-state index contributed by atoms with van der Waals surface area (Å²) in [5.41, 5.74) is 1.90. The summed E-state index contributed by atoms with van der Waals surface area (Å²) in [6, 6.07) is 7.81. The van der Waals surface area contributed by atoms with E-state index in [1.165, 1.54) is 12.8 Å². The number of nitrogens with zero attached hydrogens (tertiary/aromatic N) is 1. The number of rotatable bonds is 14. The predicted octanol–water partition coefficient (Wildman–Crippen LogP) is 5.59. The maximum Gasteiger partial charge on any atom is 0.256 e. The number of unbranched alkanes of at least 4 members (excludes halogenated alkanes) is 3. The third kappa shape index (κ3) is 8.04. The van der Waals surface area contributed by atoms with E-state index >= 15 is 0 Å². The number of amides is 1. The first-order valence-corrected chi connectivity index (χ1v) is 11.4. The van der Waals surface area contributed by atoms with Crippen molar-refractivity contribution in [2.75, 3.05) is 26.9 Å². The summed E-state index contributed by atoms with van der Waals surface area (Å²) in [7, 11) is 1.61. The smallest absolute Gasteiger partial charge is 0.256 e. The van der Waals surface area contributed by atoms with Crippen LogP contribution >= 0.6 is 0 Å². The number of carbonyl (C=O) groups excluding carboxylic acids is 1. The van der Waals surface area contributed by atoms with Crippen LogP contribution in [-0.4, -0.2) is 43.8 Å². The van der Waals surface area contributed by atoms with Gasteiger partial charge in [-0.2, -0.15) is 0 Å². The van der Waals surface area contributed by atoms with Gasteiger partial charge in [0.25, 0.3) is 5.91 Å². The Balaban J connectivity index is 1.98. The molecule has 1 atom stereocenters. The summed E-state index contributed by atoms with van der Waals surface area (Å²) in [6.07, 6.45) is 12.4. The molecule has 0 bridgehead atoms. The molecule has 32 heavy (non-hydrogen) atoms. The standard InChI is InChI=1S/C27H37NO4/c1-5-7-9-13-18-28-24(15-10-8-6-2)21-32-26(27(28)29)17-19-31-25-16-12-11-14-23(25)20-22(3)30-4/h6,8,10-12,14-16,26H,2-3,5,7,9,13,17-21H2,1,4H3/b10-8-,24-15+. The second-order valence-corrected chi connectivity index (χ2v) is 7.79. The lowest BCUT2D eigenvalue weighted by Gasteiger charge is -2.34. The fourth-order valence-electron chi connectivity index (χ4n) is 3.54. The van der Waals surface area contributed by atoms with Gasteiger partial charge in [0, 0.05) is 30.6 Å². The number of para-hydroxylation sites is 1. The third-order valence-corrected chi connectivity index (χ3v) is 5.38. The number of morpholine rings is 1. The molecule has 1 aromatic carbocycles. The topological polar surface area (TPSA) is 48.0 Å². The Morgan fingerprint density at radius 3 is 2.81 bits per heavy atom. The highest BCUT2D eigenvalue weighted by Gasteiger charge is 2.32. The summed E-state index contributed by atoms with van der Waals surface area (Å²) in [5, 5.41) is 0. The summed E-state index contributed by atoms with van der Waals surface area (Å²) in [5.74, 6) is 1.46. The first-order valence-electron chi connectivity index (χ1n) is 11.4. The van der Waals surface area contributed by atoms with E-state index in [-0.39, 0.29) is 5.91 Å². The monoisotopic (exact) mass is 439 g/mol. The van der Waals surface area contributed by atoms with Crippen molar-refractivity contribution in [3.63, 3.8) is 0 Å². The number of hydrogen-bond donors (Lipinski definition) is 0. The Morgan fingerprint density at radius 2 is 2.06 bits per heavy atom. The van der Waals surface area contributed by atoms with Crippen molar-refractivity contribution >= 4 is 5.91 Å². The van der Waals surface area contributed by atoms with Gasteiger partial charge >= 0.3 is 0 Å². The molecule has 174 valence electrons. The summed E-state index contributed by atoms with van der Waals surface area (Å²) >= 11 is 0. The van der Waals surface area contributed by atoms with Crippen LogP contribution in [-0.2, 0) is 20.7 Å². The van der Waals surface area contributed by atoms with Crippen LogP contribution < -0.4 is 4.74 Å². The summed E-state index contributed by atoms with van der Waals surface area (Å²) in [4.78, 5) is 15.0. The molecule has 1 saturated heterocycles. The quantitative estimate of drug-likeness (QED) is 0.215. The van der Waals surface area contributed by atoms with Crippen molar-refractivity contribution in [1.82, 2.24) is 4.90 Å². The zero-order valence-corrected chi connectivity index (χ0v) is 19.6. The summed E-state index contributed by atoms with van der Waals surface area (Å²) < 4.78 is 17.1. The predicted molar refractivity (Wildman–Crippen MR) is 129 cm³/mol. The molecule has 1 unspecified atom stereocenters. The van der Waals surface area contributed by atoms with Gasteiger partial charge in [-0.1, -0.05) is 75.8 Å². The van der Waals surface area contributed by atoms with Gasteiger partial charge in [-0.25, -0.2) is 0 Å². The second kappa shape index (κ2) is 14.3. The Labute approximate surface area is 193 Å². The van der Waals surface area contributed by atoms with Gasteiger partial charge in [-0.3, -0.25) is 4.79 Å². The first-order chi connectivity index (χ1) is 15.6. The molecule has 1 amide bonds. The minimum atomic E-state index is -0.497. The van der Waals surface area contributed by atoms with E-state index in [4.69, 9.17) is 14.2 Å². The second-order valence-electron chi connectivity index (χ2n) is 7.79. The Hall–Kier alpha value is -2.79.